The van der Waals surface area contributed by atoms with Crippen LogP contribution in [0.3, 0.4) is 0 Å². The fourth-order valence-electron chi connectivity index (χ4n) is 2.02. The number of nitrogens with zero attached hydrogens (tertiary/aromatic N) is 1. The second-order valence-corrected chi connectivity index (χ2v) is 4.47. The van der Waals surface area contributed by atoms with Crippen molar-refractivity contribution in [1.29, 1.82) is 0 Å². The predicted octanol–water partition coefficient (Wildman–Crippen LogP) is 1.49. The number of rotatable bonds is 6. The van der Waals surface area contributed by atoms with E-state index >= 15 is 0 Å². The molecule has 1 fully saturated rings. The monoisotopic (exact) mass is 223 g/mol. The highest BCUT2D eigenvalue weighted by atomic mass is 16.5. The second-order valence-electron chi connectivity index (χ2n) is 4.47. The predicted molar refractivity (Wildman–Crippen MR) is 63.2 cm³/mol. The van der Waals surface area contributed by atoms with Gasteiger partial charge in [0.15, 0.2) is 0 Å². The standard InChI is InChI=1S/C12H21N3O/c1-2-4-13-7-11-8-14-12(15-11)6-10-3-5-16-9-10/h8,10,13H,2-7,9H2,1H3,(H,14,15). The molecule has 0 amide bonds. The van der Waals surface area contributed by atoms with Crippen molar-refractivity contribution < 1.29 is 4.74 Å². The SMILES string of the molecule is CCCNCc1cnc(CC2CCOC2)[nH]1. The summed E-state index contributed by atoms with van der Waals surface area (Å²) in [6.07, 6.45) is 5.30. The van der Waals surface area contributed by atoms with Crippen molar-refractivity contribution in [1.82, 2.24) is 15.3 Å². The van der Waals surface area contributed by atoms with Crippen molar-refractivity contribution in [3.8, 4) is 0 Å². The molecule has 2 heterocycles. The third kappa shape index (κ3) is 3.32. The second kappa shape index (κ2) is 6.01. The van der Waals surface area contributed by atoms with Gasteiger partial charge < -0.3 is 15.0 Å². The van der Waals surface area contributed by atoms with E-state index in [2.05, 4.69) is 22.2 Å². The van der Waals surface area contributed by atoms with Crippen molar-refractivity contribution in [3.63, 3.8) is 0 Å². The van der Waals surface area contributed by atoms with Crippen molar-refractivity contribution in [2.24, 2.45) is 5.92 Å². The molecule has 90 valence electrons. The van der Waals surface area contributed by atoms with Gasteiger partial charge in [0.2, 0.25) is 0 Å². The molecule has 0 aliphatic carbocycles. The average Bonchev–Trinajstić information content (AvgIpc) is 2.91. The van der Waals surface area contributed by atoms with Gasteiger partial charge in [0.25, 0.3) is 0 Å². The molecule has 0 spiro atoms. The topological polar surface area (TPSA) is 49.9 Å². The molecule has 4 nitrogen and oxygen atoms in total. The maximum atomic E-state index is 5.36. The Balaban J connectivity index is 1.77. The largest absolute Gasteiger partial charge is 0.381 e. The van der Waals surface area contributed by atoms with Gasteiger partial charge in [-0.25, -0.2) is 4.98 Å². The van der Waals surface area contributed by atoms with E-state index in [1.807, 2.05) is 6.20 Å². The van der Waals surface area contributed by atoms with Crippen molar-refractivity contribution in [2.75, 3.05) is 19.8 Å². The number of aromatic nitrogens is 2. The Morgan fingerprint density at radius 2 is 2.56 bits per heavy atom. The first-order valence-electron chi connectivity index (χ1n) is 6.19. The van der Waals surface area contributed by atoms with Crippen molar-refractivity contribution >= 4 is 0 Å². The number of ether oxygens (including phenoxy) is 1. The first-order chi connectivity index (χ1) is 7.88. The molecule has 1 unspecified atom stereocenters. The maximum Gasteiger partial charge on any atom is 0.106 e. The lowest BCUT2D eigenvalue weighted by Crippen LogP contribution is -2.14. The highest BCUT2D eigenvalue weighted by molar-refractivity contribution is 5.02. The van der Waals surface area contributed by atoms with Gasteiger partial charge in [0.05, 0.1) is 0 Å². The fraction of sp³-hybridized carbons (Fsp3) is 0.750. The summed E-state index contributed by atoms with van der Waals surface area (Å²) < 4.78 is 5.36. The van der Waals surface area contributed by atoms with Crippen LogP contribution < -0.4 is 5.32 Å². The zero-order valence-electron chi connectivity index (χ0n) is 9.96. The van der Waals surface area contributed by atoms with Crippen LogP contribution in [0.25, 0.3) is 0 Å². The molecule has 1 aromatic heterocycles. The third-order valence-corrected chi connectivity index (χ3v) is 2.93. The molecule has 2 rings (SSSR count). The number of imidazole rings is 1. The summed E-state index contributed by atoms with van der Waals surface area (Å²) in [4.78, 5) is 7.78. The van der Waals surface area contributed by atoms with Crippen LogP contribution in [-0.2, 0) is 17.7 Å². The Kier molecular flexibility index (Phi) is 4.36. The smallest absolute Gasteiger partial charge is 0.106 e. The Hall–Kier alpha value is -0.870. The zero-order chi connectivity index (χ0) is 11.2. The van der Waals surface area contributed by atoms with Crippen LogP contribution in [0.2, 0.25) is 0 Å². The maximum absolute atomic E-state index is 5.36. The summed E-state index contributed by atoms with van der Waals surface area (Å²) in [5.74, 6) is 1.76. The van der Waals surface area contributed by atoms with Gasteiger partial charge in [-0.05, 0) is 25.3 Å². The number of nitrogens with one attached hydrogen (secondary N) is 2. The first-order valence-corrected chi connectivity index (χ1v) is 6.19. The lowest BCUT2D eigenvalue weighted by atomic mass is 10.1. The Labute approximate surface area is 96.8 Å². The van der Waals surface area contributed by atoms with E-state index in [0.29, 0.717) is 5.92 Å². The normalized spacial score (nSPS) is 20.4. The summed E-state index contributed by atoms with van der Waals surface area (Å²) in [6, 6.07) is 0. The van der Waals surface area contributed by atoms with Crippen LogP contribution in [-0.4, -0.2) is 29.7 Å². The van der Waals surface area contributed by atoms with Crippen LogP contribution in [0.4, 0.5) is 0 Å². The average molecular weight is 223 g/mol. The van der Waals surface area contributed by atoms with Gasteiger partial charge >= 0.3 is 0 Å². The molecule has 0 aromatic carbocycles. The van der Waals surface area contributed by atoms with E-state index in [4.69, 9.17) is 4.74 Å². The molecule has 1 saturated heterocycles. The zero-order valence-corrected chi connectivity index (χ0v) is 9.96. The van der Waals surface area contributed by atoms with E-state index in [-0.39, 0.29) is 0 Å². The summed E-state index contributed by atoms with van der Waals surface area (Å²) in [6.45, 7) is 5.93. The lowest BCUT2D eigenvalue weighted by molar-refractivity contribution is 0.185. The molecular formula is C12H21N3O. The van der Waals surface area contributed by atoms with Crippen LogP contribution in [0, 0.1) is 5.92 Å². The summed E-state index contributed by atoms with van der Waals surface area (Å²) in [7, 11) is 0. The molecule has 1 aliphatic heterocycles. The molecule has 0 bridgehead atoms. The minimum Gasteiger partial charge on any atom is -0.381 e. The van der Waals surface area contributed by atoms with Crippen LogP contribution in [0.1, 0.15) is 31.3 Å². The summed E-state index contributed by atoms with van der Waals surface area (Å²) in [5.41, 5.74) is 1.18. The van der Waals surface area contributed by atoms with Gasteiger partial charge in [-0.1, -0.05) is 6.92 Å². The summed E-state index contributed by atoms with van der Waals surface area (Å²) >= 11 is 0. The van der Waals surface area contributed by atoms with Crippen LogP contribution in [0.5, 0.6) is 0 Å². The molecule has 0 saturated carbocycles. The minimum atomic E-state index is 0.655. The van der Waals surface area contributed by atoms with E-state index < -0.39 is 0 Å². The Morgan fingerprint density at radius 3 is 3.31 bits per heavy atom. The van der Waals surface area contributed by atoms with E-state index in [9.17, 15) is 0 Å². The van der Waals surface area contributed by atoms with Crippen molar-refractivity contribution in [2.45, 2.75) is 32.7 Å². The molecule has 1 aliphatic rings. The van der Waals surface area contributed by atoms with Crippen molar-refractivity contribution in [3.05, 3.63) is 17.7 Å². The highest BCUT2D eigenvalue weighted by Crippen LogP contribution is 2.16. The van der Waals surface area contributed by atoms with E-state index in [0.717, 1.165) is 38.5 Å². The lowest BCUT2D eigenvalue weighted by Gasteiger charge is -2.03. The third-order valence-electron chi connectivity index (χ3n) is 2.93. The van der Waals surface area contributed by atoms with E-state index in [1.54, 1.807) is 0 Å². The number of hydrogen-bond donors (Lipinski definition) is 2. The fourth-order valence-corrected chi connectivity index (χ4v) is 2.02. The minimum absolute atomic E-state index is 0.655. The number of hydrogen-bond acceptors (Lipinski definition) is 3. The Bertz CT molecular complexity index is 305. The van der Waals surface area contributed by atoms with E-state index in [1.165, 1.54) is 18.5 Å². The number of aromatic amines is 1. The highest BCUT2D eigenvalue weighted by Gasteiger charge is 2.17. The molecule has 2 N–H and O–H groups in total. The quantitative estimate of drug-likeness (QED) is 0.718. The van der Waals surface area contributed by atoms with Gasteiger partial charge in [0, 0.05) is 38.1 Å². The number of H-pyrrole nitrogens is 1. The van der Waals surface area contributed by atoms with Gasteiger partial charge in [-0.3, -0.25) is 0 Å². The Morgan fingerprint density at radius 1 is 1.62 bits per heavy atom. The van der Waals surface area contributed by atoms with Gasteiger partial charge in [0.1, 0.15) is 5.82 Å². The molecule has 1 atom stereocenters. The van der Waals surface area contributed by atoms with Crippen LogP contribution >= 0.6 is 0 Å². The molecule has 1 aromatic rings. The molecule has 16 heavy (non-hydrogen) atoms. The van der Waals surface area contributed by atoms with Gasteiger partial charge in [-0.15, -0.1) is 0 Å². The molecule has 4 heteroatoms. The first kappa shape index (κ1) is 11.6. The van der Waals surface area contributed by atoms with Crippen LogP contribution in [0.15, 0.2) is 6.20 Å². The summed E-state index contributed by atoms with van der Waals surface area (Å²) in [5, 5.41) is 3.36. The molecule has 0 radical (unpaired) electrons. The molecular weight excluding hydrogens is 202 g/mol. The van der Waals surface area contributed by atoms with Gasteiger partial charge in [-0.2, -0.15) is 0 Å².